The predicted octanol–water partition coefficient (Wildman–Crippen LogP) is 2.83. The van der Waals surface area contributed by atoms with Gasteiger partial charge in [-0.3, -0.25) is 0 Å². The first-order valence-electron chi connectivity index (χ1n) is 10.8. The van der Waals surface area contributed by atoms with Crippen LogP contribution in [-0.2, 0) is 0 Å². The Hall–Kier alpha value is -3.69. The number of carbonyl (C=O) groups is 1. The van der Waals surface area contributed by atoms with Crippen molar-refractivity contribution in [1.29, 1.82) is 0 Å². The van der Waals surface area contributed by atoms with E-state index >= 15 is 0 Å². The molecule has 1 N–H and O–H groups in total. The molecule has 174 valence electrons. The van der Waals surface area contributed by atoms with Crippen molar-refractivity contribution in [3.8, 4) is 11.4 Å². The number of hydrogen-bond donors (Lipinski definition) is 1. The molecule has 1 saturated carbocycles. The fourth-order valence-corrected chi connectivity index (χ4v) is 4.56. The Morgan fingerprint density at radius 2 is 1.91 bits per heavy atom. The fourth-order valence-electron chi connectivity index (χ4n) is 4.56. The summed E-state index contributed by atoms with van der Waals surface area (Å²) in [4.78, 5) is 16.1. The summed E-state index contributed by atoms with van der Waals surface area (Å²) in [5.74, 6) is 0.389. The number of likely N-dealkylation sites (N-methyl/N-ethyl adjacent to an activating group) is 1. The van der Waals surface area contributed by atoms with E-state index in [1.165, 1.54) is 23.4 Å². The molecular formula is C23H28FN7O2. The van der Waals surface area contributed by atoms with Crippen molar-refractivity contribution in [3.63, 3.8) is 0 Å². The molecule has 2 amide bonds. The number of carbonyl (C=O) groups excluding carboxylic acids is 1. The minimum absolute atomic E-state index is 0.0408. The Kier molecular flexibility index (Phi) is 6.43. The summed E-state index contributed by atoms with van der Waals surface area (Å²) in [5, 5.41) is 14.6. The molecule has 33 heavy (non-hydrogen) atoms. The number of ether oxygens (including phenoxy) is 1. The molecule has 0 radical (unpaired) electrons. The molecule has 1 heterocycles. The van der Waals surface area contributed by atoms with Crippen LogP contribution < -0.4 is 15.0 Å². The summed E-state index contributed by atoms with van der Waals surface area (Å²) in [7, 11) is 7.08. The minimum atomic E-state index is -0.286. The van der Waals surface area contributed by atoms with Crippen LogP contribution in [0, 0.1) is 5.82 Å². The van der Waals surface area contributed by atoms with E-state index in [2.05, 4.69) is 25.7 Å². The second-order valence-electron chi connectivity index (χ2n) is 8.39. The largest absolute Gasteiger partial charge is 0.495 e. The number of benzene rings is 2. The summed E-state index contributed by atoms with van der Waals surface area (Å²) in [6.45, 7) is 0. The van der Waals surface area contributed by atoms with E-state index in [9.17, 15) is 9.18 Å². The predicted molar refractivity (Wildman–Crippen MR) is 122 cm³/mol. The molecule has 0 aliphatic heterocycles. The van der Waals surface area contributed by atoms with Crippen LogP contribution in [0.3, 0.4) is 0 Å². The number of nitrogens with one attached hydrogen (secondary N) is 1. The molecule has 0 unspecified atom stereocenters. The van der Waals surface area contributed by atoms with Gasteiger partial charge in [-0.1, -0.05) is 12.1 Å². The van der Waals surface area contributed by atoms with Gasteiger partial charge in [-0.2, -0.15) is 0 Å². The highest BCUT2D eigenvalue weighted by atomic mass is 19.1. The van der Waals surface area contributed by atoms with Crippen molar-refractivity contribution < 1.29 is 13.9 Å². The third kappa shape index (κ3) is 4.59. The lowest BCUT2D eigenvalue weighted by Crippen LogP contribution is -2.45. The number of rotatable bonds is 6. The lowest BCUT2D eigenvalue weighted by atomic mass is 9.90. The van der Waals surface area contributed by atoms with Gasteiger partial charge in [-0.25, -0.2) is 13.9 Å². The zero-order chi connectivity index (χ0) is 23.5. The molecule has 2 aromatic carbocycles. The number of amides is 2. The maximum atomic E-state index is 13.7. The van der Waals surface area contributed by atoms with Gasteiger partial charge in [-0.05, 0) is 59.2 Å². The monoisotopic (exact) mass is 453 g/mol. The molecule has 3 aromatic rings. The van der Waals surface area contributed by atoms with E-state index in [1.54, 1.807) is 38.0 Å². The second-order valence-corrected chi connectivity index (χ2v) is 8.39. The molecule has 0 saturated heterocycles. The summed E-state index contributed by atoms with van der Waals surface area (Å²) in [5.41, 5.74) is 2.66. The first-order chi connectivity index (χ1) is 15.9. The smallest absolute Gasteiger partial charge is 0.317 e. The van der Waals surface area contributed by atoms with Gasteiger partial charge in [0.15, 0.2) is 0 Å². The normalized spacial score (nSPS) is 19.8. The van der Waals surface area contributed by atoms with Gasteiger partial charge in [0.25, 0.3) is 0 Å². The molecule has 1 aliphatic carbocycles. The molecule has 1 aliphatic rings. The van der Waals surface area contributed by atoms with Crippen LogP contribution in [0.4, 0.5) is 14.9 Å². The van der Waals surface area contributed by atoms with E-state index in [1.807, 2.05) is 25.2 Å². The van der Waals surface area contributed by atoms with E-state index in [0.717, 1.165) is 29.8 Å². The van der Waals surface area contributed by atoms with Crippen LogP contribution in [0.25, 0.3) is 5.69 Å². The van der Waals surface area contributed by atoms with Gasteiger partial charge in [0, 0.05) is 39.1 Å². The third-order valence-corrected chi connectivity index (χ3v) is 6.24. The molecule has 4 rings (SSSR count). The fraction of sp³-hybridized carbons (Fsp3) is 0.391. The van der Waals surface area contributed by atoms with E-state index in [-0.39, 0.29) is 29.8 Å². The highest BCUT2D eigenvalue weighted by Crippen LogP contribution is 2.42. The standard InChI is InChI=1S/C23H28FN7O2/c1-29(2)23(32)26-18-10-11-19(22(18)15-5-7-16(24)8-6-15)30(3)20-13-17(9-12-21(20)33-4)31-14-25-27-28-31/h5-9,12-14,18-19,22H,10-11H2,1-4H3,(H,26,32)/t18-,19-,22-/m0/s1. The molecule has 9 nitrogen and oxygen atoms in total. The van der Waals surface area contributed by atoms with Crippen LogP contribution in [0.5, 0.6) is 5.75 Å². The van der Waals surface area contributed by atoms with Crippen molar-refractivity contribution in [2.75, 3.05) is 33.2 Å². The van der Waals surface area contributed by atoms with Gasteiger partial charge >= 0.3 is 6.03 Å². The van der Waals surface area contributed by atoms with Gasteiger partial charge in [0.05, 0.1) is 18.5 Å². The molecule has 1 fully saturated rings. The molecule has 3 atom stereocenters. The van der Waals surface area contributed by atoms with Gasteiger partial charge in [0.1, 0.15) is 17.9 Å². The van der Waals surface area contributed by atoms with Crippen molar-refractivity contribution in [1.82, 2.24) is 30.4 Å². The lowest BCUT2D eigenvalue weighted by Gasteiger charge is -2.35. The van der Waals surface area contributed by atoms with Crippen molar-refractivity contribution in [3.05, 3.63) is 60.2 Å². The van der Waals surface area contributed by atoms with E-state index in [4.69, 9.17) is 4.74 Å². The molecule has 0 bridgehead atoms. The average molecular weight is 454 g/mol. The Balaban J connectivity index is 1.70. The average Bonchev–Trinajstić information content (AvgIpc) is 3.49. The van der Waals surface area contributed by atoms with Crippen LogP contribution in [0.2, 0.25) is 0 Å². The summed E-state index contributed by atoms with van der Waals surface area (Å²) >= 11 is 0. The van der Waals surface area contributed by atoms with Gasteiger partial charge in [0.2, 0.25) is 0 Å². The Labute approximate surface area is 192 Å². The van der Waals surface area contributed by atoms with Crippen LogP contribution >= 0.6 is 0 Å². The molecular weight excluding hydrogens is 425 g/mol. The first-order valence-corrected chi connectivity index (χ1v) is 10.8. The summed E-state index contributed by atoms with van der Waals surface area (Å²) in [6, 6.07) is 12.1. The SMILES string of the molecule is COc1ccc(-n2cnnn2)cc1N(C)[C@H]1CC[C@H](NC(=O)N(C)C)[C@@H]1c1ccc(F)cc1. The number of anilines is 1. The van der Waals surface area contributed by atoms with Crippen LogP contribution in [0.1, 0.15) is 24.3 Å². The summed E-state index contributed by atoms with van der Waals surface area (Å²) < 4.78 is 20.9. The maximum Gasteiger partial charge on any atom is 0.317 e. The molecule has 1 aromatic heterocycles. The lowest BCUT2D eigenvalue weighted by molar-refractivity contribution is 0.212. The zero-order valence-corrected chi connectivity index (χ0v) is 19.1. The Morgan fingerprint density at radius 3 is 2.55 bits per heavy atom. The topological polar surface area (TPSA) is 88.4 Å². The van der Waals surface area contributed by atoms with Gasteiger partial charge < -0.3 is 19.9 Å². The zero-order valence-electron chi connectivity index (χ0n) is 19.1. The highest BCUT2D eigenvalue weighted by molar-refractivity contribution is 5.74. The van der Waals surface area contributed by atoms with Crippen LogP contribution in [-0.4, -0.2) is 71.5 Å². The molecule has 0 spiro atoms. The van der Waals surface area contributed by atoms with Gasteiger partial charge in [-0.15, -0.1) is 5.10 Å². The number of tetrazole rings is 1. The number of hydrogen-bond acceptors (Lipinski definition) is 6. The number of nitrogens with zero attached hydrogens (tertiary/aromatic N) is 6. The first kappa shape index (κ1) is 22.5. The molecule has 10 heteroatoms. The second kappa shape index (κ2) is 9.43. The minimum Gasteiger partial charge on any atom is -0.495 e. The Bertz CT molecular complexity index is 1090. The van der Waals surface area contributed by atoms with E-state index < -0.39 is 0 Å². The van der Waals surface area contributed by atoms with Crippen molar-refractivity contribution >= 4 is 11.7 Å². The van der Waals surface area contributed by atoms with E-state index in [0.29, 0.717) is 5.75 Å². The summed E-state index contributed by atoms with van der Waals surface area (Å²) in [6.07, 6.45) is 3.18. The van der Waals surface area contributed by atoms with Crippen molar-refractivity contribution in [2.24, 2.45) is 0 Å². The van der Waals surface area contributed by atoms with Crippen LogP contribution in [0.15, 0.2) is 48.8 Å². The third-order valence-electron chi connectivity index (χ3n) is 6.24. The quantitative estimate of drug-likeness (QED) is 0.618. The number of urea groups is 1. The highest BCUT2D eigenvalue weighted by Gasteiger charge is 2.41. The number of methoxy groups -OCH3 is 1. The number of halogens is 1. The number of aromatic nitrogens is 4. The maximum absolute atomic E-state index is 13.7. The Morgan fingerprint density at radius 1 is 1.15 bits per heavy atom. The van der Waals surface area contributed by atoms with Crippen molar-refractivity contribution in [2.45, 2.75) is 30.8 Å².